The van der Waals surface area contributed by atoms with E-state index >= 15 is 0 Å². The molecule has 0 aromatic carbocycles. The molecule has 2 atom stereocenters. The molecule has 1 rings (SSSR count). The molecule has 0 aliphatic carbocycles. The van der Waals surface area contributed by atoms with Gasteiger partial charge in [-0.25, -0.2) is 0 Å². The van der Waals surface area contributed by atoms with Crippen molar-refractivity contribution in [2.45, 2.75) is 38.3 Å². The van der Waals surface area contributed by atoms with E-state index in [2.05, 4.69) is 10.6 Å². The summed E-state index contributed by atoms with van der Waals surface area (Å²) in [6.07, 6.45) is 2.34. The SMILES string of the molecule is CC(CC#N)NC(=O)C1CCCN1. The zero-order valence-electron chi connectivity index (χ0n) is 7.84. The summed E-state index contributed by atoms with van der Waals surface area (Å²) >= 11 is 0. The molecule has 0 aromatic heterocycles. The number of hydrogen-bond donors (Lipinski definition) is 2. The fourth-order valence-corrected chi connectivity index (χ4v) is 1.44. The summed E-state index contributed by atoms with van der Waals surface area (Å²) in [4.78, 5) is 11.4. The minimum absolute atomic E-state index is 0.0280. The third-order valence-corrected chi connectivity index (χ3v) is 2.16. The van der Waals surface area contributed by atoms with Crippen molar-refractivity contribution in [1.82, 2.24) is 10.6 Å². The van der Waals surface area contributed by atoms with E-state index < -0.39 is 0 Å². The molecule has 4 heteroatoms. The van der Waals surface area contributed by atoms with Gasteiger partial charge in [-0.15, -0.1) is 0 Å². The Morgan fingerprint density at radius 2 is 2.62 bits per heavy atom. The van der Waals surface area contributed by atoms with Gasteiger partial charge in [0.15, 0.2) is 0 Å². The molecule has 0 radical (unpaired) electrons. The van der Waals surface area contributed by atoms with Crippen molar-refractivity contribution in [1.29, 1.82) is 5.26 Å². The van der Waals surface area contributed by atoms with Gasteiger partial charge in [-0.2, -0.15) is 5.26 Å². The second-order valence-corrected chi connectivity index (χ2v) is 3.42. The first-order valence-electron chi connectivity index (χ1n) is 4.64. The fraction of sp³-hybridized carbons (Fsp3) is 0.778. The highest BCUT2D eigenvalue weighted by Crippen LogP contribution is 2.05. The maximum atomic E-state index is 11.4. The number of carbonyl (C=O) groups is 1. The zero-order valence-corrected chi connectivity index (χ0v) is 7.84. The predicted octanol–water partition coefficient (Wildman–Crippen LogP) is 0.157. The molecule has 1 aliphatic rings. The van der Waals surface area contributed by atoms with E-state index in [0.29, 0.717) is 6.42 Å². The van der Waals surface area contributed by atoms with Crippen LogP contribution < -0.4 is 10.6 Å². The number of rotatable bonds is 3. The Bertz CT molecular complexity index is 215. The van der Waals surface area contributed by atoms with E-state index in [1.165, 1.54) is 0 Å². The van der Waals surface area contributed by atoms with E-state index in [-0.39, 0.29) is 18.0 Å². The molecule has 0 aromatic rings. The van der Waals surface area contributed by atoms with Crippen LogP contribution in [0.15, 0.2) is 0 Å². The summed E-state index contributed by atoms with van der Waals surface area (Å²) in [5, 5.41) is 14.3. The summed E-state index contributed by atoms with van der Waals surface area (Å²) in [5.41, 5.74) is 0. The van der Waals surface area contributed by atoms with Gasteiger partial charge in [-0.1, -0.05) is 0 Å². The zero-order chi connectivity index (χ0) is 9.68. The Kier molecular flexibility index (Phi) is 3.71. The molecular weight excluding hydrogens is 166 g/mol. The summed E-state index contributed by atoms with van der Waals surface area (Å²) in [5.74, 6) is 0.0280. The lowest BCUT2D eigenvalue weighted by molar-refractivity contribution is -0.123. The van der Waals surface area contributed by atoms with Crippen molar-refractivity contribution in [2.24, 2.45) is 0 Å². The molecule has 0 spiro atoms. The van der Waals surface area contributed by atoms with Gasteiger partial charge >= 0.3 is 0 Å². The van der Waals surface area contributed by atoms with Crippen LogP contribution in [-0.2, 0) is 4.79 Å². The predicted molar refractivity (Wildman–Crippen MR) is 48.9 cm³/mol. The highest BCUT2D eigenvalue weighted by atomic mass is 16.2. The van der Waals surface area contributed by atoms with Crippen LogP contribution in [0, 0.1) is 11.3 Å². The van der Waals surface area contributed by atoms with E-state index in [4.69, 9.17) is 5.26 Å². The second kappa shape index (κ2) is 4.83. The molecule has 4 nitrogen and oxygen atoms in total. The fourth-order valence-electron chi connectivity index (χ4n) is 1.44. The maximum Gasteiger partial charge on any atom is 0.237 e. The topological polar surface area (TPSA) is 64.9 Å². The lowest BCUT2D eigenvalue weighted by Crippen LogP contribution is -2.44. The quantitative estimate of drug-likeness (QED) is 0.651. The average molecular weight is 181 g/mol. The van der Waals surface area contributed by atoms with Gasteiger partial charge in [0.05, 0.1) is 18.5 Å². The number of nitrogens with zero attached hydrogens (tertiary/aromatic N) is 1. The number of hydrogen-bond acceptors (Lipinski definition) is 3. The monoisotopic (exact) mass is 181 g/mol. The first-order chi connectivity index (χ1) is 6.24. The molecule has 2 N–H and O–H groups in total. The Morgan fingerprint density at radius 1 is 1.85 bits per heavy atom. The Morgan fingerprint density at radius 3 is 3.15 bits per heavy atom. The summed E-state index contributed by atoms with van der Waals surface area (Å²) in [6, 6.07) is 1.95. The molecule has 2 unspecified atom stereocenters. The molecule has 1 fully saturated rings. The smallest absolute Gasteiger partial charge is 0.237 e. The number of nitrogens with one attached hydrogen (secondary N) is 2. The second-order valence-electron chi connectivity index (χ2n) is 3.42. The van der Waals surface area contributed by atoms with Crippen LogP contribution in [0.5, 0.6) is 0 Å². The van der Waals surface area contributed by atoms with Crippen LogP contribution in [-0.4, -0.2) is 24.5 Å². The first-order valence-corrected chi connectivity index (χ1v) is 4.64. The molecule has 1 amide bonds. The minimum atomic E-state index is -0.0418. The molecular formula is C9H15N3O. The van der Waals surface area contributed by atoms with Crippen molar-refractivity contribution >= 4 is 5.91 Å². The standard InChI is InChI=1S/C9H15N3O/c1-7(4-5-10)12-9(13)8-3-2-6-11-8/h7-8,11H,2-4,6H2,1H3,(H,12,13). The number of nitriles is 1. The van der Waals surface area contributed by atoms with Crippen molar-refractivity contribution < 1.29 is 4.79 Å². The highest BCUT2D eigenvalue weighted by Gasteiger charge is 2.22. The van der Waals surface area contributed by atoms with Gasteiger partial charge in [0, 0.05) is 6.04 Å². The van der Waals surface area contributed by atoms with Crippen molar-refractivity contribution in [3.63, 3.8) is 0 Å². The number of carbonyl (C=O) groups excluding carboxylic acids is 1. The Hall–Kier alpha value is -1.08. The molecule has 1 heterocycles. The van der Waals surface area contributed by atoms with Crippen LogP contribution in [0.1, 0.15) is 26.2 Å². The molecule has 72 valence electrons. The van der Waals surface area contributed by atoms with Crippen molar-refractivity contribution in [2.75, 3.05) is 6.54 Å². The molecule has 13 heavy (non-hydrogen) atoms. The Labute approximate surface area is 78.3 Å². The lowest BCUT2D eigenvalue weighted by atomic mass is 10.2. The van der Waals surface area contributed by atoms with Gasteiger partial charge in [0.2, 0.25) is 5.91 Å². The summed E-state index contributed by atoms with van der Waals surface area (Å²) < 4.78 is 0. The summed E-state index contributed by atoms with van der Waals surface area (Å²) in [6.45, 7) is 2.76. The van der Waals surface area contributed by atoms with Gasteiger partial charge in [0.25, 0.3) is 0 Å². The highest BCUT2D eigenvalue weighted by molar-refractivity contribution is 5.82. The van der Waals surface area contributed by atoms with Gasteiger partial charge in [0.1, 0.15) is 0 Å². The lowest BCUT2D eigenvalue weighted by Gasteiger charge is -2.14. The third-order valence-electron chi connectivity index (χ3n) is 2.16. The average Bonchev–Trinajstić information content (AvgIpc) is 2.55. The maximum absolute atomic E-state index is 11.4. The van der Waals surface area contributed by atoms with Crippen LogP contribution in [0.2, 0.25) is 0 Å². The third kappa shape index (κ3) is 3.03. The minimum Gasteiger partial charge on any atom is -0.351 e. The van der Waals surface area contributed by atoms with E-state index in [9.17, 15) is 4.79 Å². The van der Waals surface area contributed by atoms with Crippen LogP contribution in [0.4, 0.5) is 0 Å². The van der Waals surface area contributed by atoms with Crippen LogP contribution >= 0.6 is 0 Å². The van der Waals surface area contributed by atoms with Gasteiger partial charge < -0.3 is 10.6 Å². The van der Waals surface area contributed by atoms with Crippen molar-refractivity contribution in [3.05, 3.63) is 0 Å². The van der Waals surface area contributed by atoms with Crippen molar-refractivity contribution in [3.8, 4) is 6.07 Å². The van der Waals surface area contributed by atoms with Crippen LogP contribution in [0.25, 0.3) is 0 Å². The Balaban J connectivity index is 2.28. The normalized spacial score (nSPS) is 23.5. The molecule has 1 aliphatic heterocycles. The molecule has 0 saturated carbocycles. The van der Waals surface area contributed by atoms with Gasteiger partial charge in [-0.05, 0) is 26.3 Å². The van der Waals surface area contributed by atoms with E-state index in [1.54, 1.807) is 0 Å². The largest absolute Gasteiger partial charge is 0.351 e. The van der Waals surface area contributed by atoms with E-state index in [1.807, 2.05) is 13.0 Å². The van der Waals surface area contributed by atoms with E-state index in [0.717, 1.165) is 19.4 Å². The molecule has 0 bridgehead atoms. The molecule has 1 saturated heterocycles. The van der Waals surface area contributed by atoms with Crippen LogP contribution in [0.3, 0.4) is 0 Å². The number of amides is 1. The first kappa shape index (κ1) is 10.0. The summed E-state index contributed by atoms with van der Waals surface area (Å²) in [7, 11) is 0. The van der Waals surface area contributed by atoms with Gasteiger partial charge in [-0.3, -0.25) is 4.79 Å².